The Hall–Kier alpha value is -0.570. The van der Waals surface area contributed by atoms with Crippen LogP contribution in [0.15, 0.2) is 0 Å². The van der Waals surface area contributed by atoms with Gasteiger partial charge in [0.15, 0.2) is 0 Å². The molecule has 0 aromatic heterocycles. The highest BCUT2D eigenvalue weighted by Crippen LogP contribution is 2.28. The van der Waals surface area contributed by atoms with Crippen molar-refractivity contribution in [3.63, 3.8) is 0 Å². The molecule has 0 aromatic carbocycles. The van der Waals surface area contributed by atoms with Gasteiger partial charge in [-0.3, -0.25) is 4.79 Å². The SMILES string of the molecule is COC(=O)C1CCC(N(C)CC(C)C)CC1. The molecule has 0 atom stereocenters. The van der Waals surface area contributed by atoms with Crippen LogP contribution in [-0.2, 0) is 9.53 Å². The van der Waals surface area contributed by atoms with Gasteiger partial charge in [-0.1, -0.05) is 13.8 Å². The van der Waals surface area contributed by atoms with E-state index in [2.05, 4.69) is 25.8 Å². The van der Waals surface area contributed by atoms with Gasteiger partial charge in [-0.2, -0.15) is 0 Å². The molecule has 0 saturated heterocycles. The van der Waals surface area contributed by atoms with Crippen LogP contribution in [0, 0.1) is 11.8 Å². The van der Waals surface area contributed by atoms with Crippen LogP contribution in [0.4, 0.5) is 0 Å². The van der Waals surface area contributed by atoms with Crippen LogP contribution >= 0.6 is 0 Å². The molecular weight excluding hydrogens is 202 g/mol. The molecule has 0 bridgehead atoms. The molecule has 1 aliphatic rings. The first-order valence-corrected chi connectivity index (χ1v) is 6.32. The number of rotatable bonds is 4. The second-order valence-corrected chi connectivity index (χ2v) is 5.36. The molecule has 0 aliphatic heterocycles. The monoisotopic (exact) mass is 227 g/mol. The summed E-state index contributed by atoms with van der Waals surface area (Å²) in [7, 11) is 3.68. The van der Waals surface area contributed by atoms with E-state index < -0.39 is 0 Å². The predicted octanol–water partition coefficient (Wildman–Crippen LogP) is 2.31. The van der Waals surface area contributed by atoms with E-state index in [0.29, 0.717) is 12.0 Å². The standard InChI is InChI=1S/C13H25NO2/c1-10(2)9-14(3)12-7-5-11(6-8-12)13(15)16-4/h10-12H,5-9H2,1-4H3. The third kappa shape index (κ3) is 3.78. The van der Waals surface area contributed by atoms with Crippen LogP contribution in [0.25, 0.3) is 0 Å². The van der Waals surface area contributed by atoms with Gasteiger partial charge in [-0.25, -0.2) is 0 Å². The number of carbonyl (C=O) groups is 1. The Kier molecular flexibility index (Phi) is 5.26. The molecule has 1 aliphatic carbocycles. The number of nitrogens with zero attached hydrogens (tertiary/aromatic N) is 1. The van der Waals surface area contributed by atoms with Gasteiger partial charge >= 0.3 is 5.97 Å². The van der Waals surface area contributed by atoms with E-state index in [1.807, 2.05) is 0 Å². The average Bonchev–Trinajstić information content (AvgIpc) is 2.27. The van der Waals surface area contributed by atoms with E-state index in [-0.39, 0.29) is 11.9 Å². The molecule has 0 aromatic rings. The lowest BCUT2D eigenvalue weighted by molar-refractivity contribution is -0.146. The molecule has 0 amide bonds. The summed E-state index contributed by atoms with van der Waals surface area (Å²) in [6.07, 6.45) is 4.23. The second-order valence-electron chi connectivity index (χ2n) is 5.36. The highest BCUT2D eigenvalue weighted by atomic mass is 16.5. The fourth-order valence-corrected chi connectivity index (χ4v) is 2.64. The number of methoxy groups -OCH3 is 1. The van der Waals surface area contributed by atoms with E-state index in [9.17, 15) is 4.79 Å². The van der Waals surface area contributed by atoms with Crippen molar-refractivity contribution in [1.29, 1.82) is 0 Å². The molecule has 0 N–H and O–H groups in total. The maximum absolute atomic E-state index is 11.4. The van der Waals surface area contributed by atoms with Crippen molar-refractivity contribution < 1.29 is 9.53 Å². The Morgan fingerprint density at radius 3 is 2.31 bits per heavy atom. The normalized spacial score (nSPS) is 26.1. The first kappa shape index (κ1) is 13.5. The second kappa shape index (κ2) is 6.24. The quantitative estimate of drug-likeness (QED) is 0.690. The maximum Gasteiger partial charge on any atom is 0.308 e. The third-order valence-electron chi connectivity index (χ3n) is 3.51. The van der Waals surface area contributed by atoms with Gasteiger partial charge in [0, 0.05) is 12.6 Å². The van der Waals surface area contributed by atoms with Crippen molar-refractivity contribution in [2.24, 2.45) is 11.8 Å². The molecule has 0 unspecified atom stereocenters. The number of ether oxygens (including phenoxy) is 1. The molecule has 1 saturated carbocycles. The zero-order valence-electron chi connectivity index (χ0n) is 11.0. The van der Waals surface area contributed by atoms with Crippen molar-refractivity contribution in [3.8, 4) is 0 Å². The van der Waals surface area contributed by atoms with E-state index >= 15 is 0 Å². The van der Waals surface area contributed by atoms with Gasteiger partial charge in [0.05, 0.1) is 13.0 Å². The Morgan fingerprint density at radius 1 is 1.31 bits per heavy atom. The fourth-order valence-electron chi connectivity index (χ4n) is 2.64. The Balaban J connectivity index is 2.34. The minimum Gasteiger partial charge on any atom is -0.469 e. The van der Waals surface area contributed by atoms with Gasteiger partial charge < -0.3 is 9.64 Å². The number of carbonyl (C=O) groups excluding carboxylic acids is 1. The van der Waals surface area contributed by atoms with Crippen LogP contribution in [-0.4, -0.2) is 37.6 Å². The summed E-state index contributed by atoms with van der Waals surface area (Å²) in [5.74, 6) is 0.835. The number of esters is 1. The van der Waals surface area contributed by atoms with Gasteiger partial charge in [0.25, 0.3) is 0 Å². The van der Waals surface area contributed by atoms with Gasteiger partial charge in [-0.15, -0.1) is 0 Å². The lowest BCUT2D eigenvalue weighted by Crippen LogP contribution is -2.38. The highest BCUT2D eigenvalue weighted by molar-refractivity contribution is 5.72. The van der Waals surface area contributed by atoms with Crippen LogP contribution < -0.4 is 0 Å². The molecule has 0 heterocycles. The lowest BCUT2D eigenvalue weighted by Gasteiger charge is -2.34. The van der Waals surface area contributed by atoms with E-state index in [1.165, 1.54) is 7.11 Å². The molecule has 3 heteroatoms. The smallest absolute Gasteiger partial charge is 0.308 e. The lowest BCUT2D eigenvalue weighted by atomic mass is 9.85. The van der Waals surface area contributed by atoms with Gasteiger partial charge in [-0.05, 0) is 38.6 Å². The molecule has 0 radical (unpaired) electrons. The van der Waals surface area contributed by atoms with E-state index in [1.54, 1.807) is 0 Å². The summed E-state index contributed by atoms with van der Waals surface area (Å²) >= 11 is 0. The van der Waals surface area contributed by atoms with Crippen molar-refractivity contribution in [2.45, 2.75) is 45.6 Å². The summed E-state index contributed by atoms with van der Waals surface area (Å²) in [5, 5.41) is 0. The van der Waals surface area contributed by atoms with Crippen molar-refractivity contribution in [2.75, 3.05) is 20.7 Å². The molecule has 3 nitrogen and oxygen atoms in total. The summed E-state index contributed by atoms with van der Waals surface area (Å²) in [6.45, 7) is 5.64. The first-order valence-electron chi connectivity index (χ1n) is 6.32. The third-order valence-corrected chi connectivity index (χ3v) is 3.51. The predicted molar refractivity (Wildman–Crippen MR) is 65.2 cm³/mol. The number of hydrogen-bond donors (Lipinski definition) is 0. The molecule has 94 valence electrons. The van der Waals surface area contributed by atoms with Crippen molar-refractivity contribution >= 4 is 5.97 Å². The summed E-state index contributed by atoms with van der Waals surface area (Å²) in [5.41, 5.74) is 0. The van der Waals surface area contributed by atoms with E-state index in [4.69, 9.17) is 4.74 Å². The highest BCUT2D eigenvalue weighted by Gasteiger charge is 2.28. The minimum absolute atomic E-state index is 0.0232. The van der Waals surface area contributed by atoms with Crippen LogP contribution in [0.5, 0.6) is 0 Å². The van der Waals surface area contributed by atoms with Crippen molar-refractivity contribution in [3.05, 3.63) is 0 Å². The first-order chi connectivity index (χ1) is 7.54. The largest absolute Gasteiger partial charge is 0.469 e. The number of hydrogen-bond acceptors (Lipinski definition) is 3. The summed E-state index contributed by atoms with van der Waals surface area (Å²) in [4.78, 5) is 13.8. The molecule has 1 rings (SSSR count). The molecule has 0 spiro atoms. The topological polar surface area (TPSA) is 29.5 Å². The Labute approximate surface area is 99.1 Å². The molecule has 16 heavy (non-hydrogen) atoms. The zero-order chi connectivity index (χ0) is 12.1. The molecular formula is C13H25NO2. The fraction of sp³-hybridized carbons (Fsp3) is 0.923. The van der Waals surface area contributed by atoms with Crippen LogP contribution in [0.2, 0.25) is 0 Å². The minimum atomic E-state index is -0.0232. The summed E-state index contributed by atoms with van der Waals surface area (Å²) < 4.78 is 4.80. The van der Waals surface area contributed by atoms with E-state index in [0.717, 1.165) is 32.2 Å². The zero-order valence-corrected chi connectivity index (χ0v) is 11.0. The van der Waals surface area contributed by atoms with Crippen molar-refractivity contribution in [1.82, 2.24) is 4.90 Å². The maximum atomic E-state index is 11.4. The Bertz CT molecular complexity index is 220. The average molecular weight is 227 g/mol. The van der Waals surface area contributed by atoms with Gasteiger partial charge in [0.2, 0.25) is 0 Å². The summed E-state index contributed by atoms with van der Waals surface area (Å²) in [6, 6.07) is 0.656. The Morgan fingerprint density at radius 2 is 1.88 bits per heavy atom. The van der Waals surface area contributed by atoms with Crippen LogP contribution in [0.1, 0.15) is 39.5 Å². The van der Waals surface area contributed by atoms with Gasteiger partial charge in [0.1, 0.15) is 0 Å². The van der Waals surface area contributed by atoms with Crippen LogP contribution in [0.3, 0.4) is 0 Å². The molecule has 1 fully saturated rings.